The minimum atomic E-state index is -0.0312. The molecule has 2 atom stereocenters. The Bertz CT molecular complexity index is 424. The highest BCUT2D eigenvalue weighted by atomic mass is 16.1. The van der Waals surface area contributed by atoms with Gasteiger partial charge in [-0.3, -0.25) is 4.79 Å². The van der Waals surface area contributed by atoms with Crippen LogP contribution in [0.3, 0.4) is 0 Å². The molecule has 0 radical (unpaired) electrons. The van der Waals surface area contributed by atoms with Crippen LogP contribution in [0, 0.1) is 5.41 Å². The normalized spacial score (nSPS) is 24.1. The summed E-state index contributed by atoms with van der Waals surface area (Å²) < 4.78 is 0. The van der Waals surface area contributed by atoms with E-state index in [2.05, 4.69) is 24.5 Å². The zero-order valence-electron chi connectivity index (χ0n) is 12.6. The number of hydrogen-bond acceptors (Lipinski definition) is 2. The van der Waals surface area contributed by atoms with Gasteiger partial charge in [0.25, 0.3) is 0 Å². The Morgan fingerprint density at radius 3 is 2.75 bits per heavy atom. The lowest BCUT2D eigenvalue weighted by Gasteiger charge is -2.34. The van der Waals surface area contributed by atoms with E-state index in [0.29, 0.717) is 0 Å². The molecule has 110 valence electrons. The van der Waals surface area contributed by atoms with E-state index in [1.807, 2.05) is 30.3 Å². The molecule has 0 aliphatic carbocycles. The lowest BCUT2D eigenvalue weighted by Crippen LogP contribution is -2.46. The molecule has 1 fully saturated rings. The third-order valence-corrected chi connectivity index (χ3v) is 4.30. The number of nitrogens with one attached hydrogen (secondary N) is 2. The fourth-order valence-electron chi connectivity index (χ4n) is 2.95. The van der Waals surface area contributed by atoms with Crippen LogP contribution in [-0.4, -0.2) is 25.5 Å². The lowest BCUT2D eigenvalue weighted by molar-refractivity contribution is -0.123. The Morgan fingerprint density at radius 1 is 1.40 bits per heavy atom. The van der Waals surface area contributed by atoms with Crippen molar-refractivity contribution in [3.8, 4) is 0 Å². The van der Waals surface area contributed by atoms with Crippen molar-refractivity contribution in [2.75, 3.05) is 19.6 Å². The fraction of sp³-hybridized carbons (Fsp3) is 0.588. The van der Waals surface area contributed by atoms with E-state index in [1.54, 1.807) is 0 Å². The minimum absolute atomic E-state index is 0.0312. The zero-order valence-corrected chi connectivity index (χ0v) is 12.6. The maximum absolute atomic E-state index is 12.4. The second-order valence-electron chi connectivity index (χ2n) is 6.18. The van der Waals surface area contributed by atoms with E-state index in [1.165, 1.54) is 12.8 Å². The first-order valence-corrected chi connectivity index (χ1v) is 7.68. The summed E-state index contributed by atoms with van der Waals surface area (Å²) in [6.07, 6.45) is 3.22. The van der Waals surface area contributed by atoms with Crippen molar-refractivity contribution in [3.05, 3.63) is 35.9 Å². The number of carbonyl (C=O) groups is 1. The van der Waals surface area contributed by atoms with Crippen LogP contribution in [0.4, 0.5) is 0 Å². The minimum Gasteiger partial charge on any atom is -0.355 e. The topological polar surface area (TPSA) is 41.1 Å². The summed E-state index contributed by atoms with van der Waals surface area (Å²) >= 11 is 0. The molecular formula is C17H26N2O. The maximum atomic E-state index is 12.4. The fourth-order valence-corrected chi connectivity index (χ4v) is 2.95. The van der Waals surface area contributed by atoms with Gasteiger partial charge in [0.1, 0.15) is 0 Å². The maximum Gasteiger partial charge on any atom is 0.227 e. The van der Waals surface area contributed by atoms with Gasteiger partial charge in [-0.25, -0.2) is 0 Å². The monoisotopic (exact) mass is 274 g/mol. The number of benzene rings is 1. The molecule has 1 saturated heterocycles. The van der Waals surface area contributed by atoms with Crippen molar-refractivity contribution in [2.45, 2.75) is 39.0 Å². The predicted molar refractivity (Wildman–Crippen MR) is 82.7 cm³/mol. The second-order valence-corrected chi connectivity index (χ2v) is 6.18. The summed E-state index contributed by atoms with van der Waals surface area (Å²) in [5.41, 5.74) is 1.31. The molecular weight excluding hydrogens is 248 g/mol. The quantitative estimate of drug-likeness (QED) is 0.867. The highest BCUT2D eigenvalue weighted by molar-refractivity contribution is 5.83. The first-order chi connectivity index (χ1) is 9.64. The smallest absolute Gasteiger partial charge is 0.227 e. The Labute approximate surface area is 122 Å². The zero-order chi connectivity index (χ0) is 14.4. The van der Waals surface area contributed by atoms with E-state index < -0.39 is 0 Å². The van der Waals surface area contributed by atoms with E-state index in [4.69, 9.17) is 0 Å². The highest BCUT2D eigenvalue weighted by Gasteiger charge is 2.28. The molecule has 0 saturated carbocycles. The van der Waals surface area contributed by atoms with Crippen molar-refractivity contribution >= 4 is 5.91 Å². The molecule has 1 amide bonds. The van der Waals surface area contributed by atoms with Crippen LogP contribution in [-0.2, 0) is 4.79 Å². The molecule has 0 bridgehead atoms. The number of carbonyl (C=O) groups excluding carboxylic acids is 1. The van der Waals surface area contributed by atoms with Crippen LogP contribution < -0.4 is 10.6 Å². The van der Waals surface area contributed by atoms with Gasteiger partial charge in [-0.2, -0.15) is 0 Å². The van der Waals surface area contributed by atoms with Crippen molar-refractivity contribution in [1.29, 1.82) is 0 Å². The summed E-state index contributed by atoms with van der Waals surface area (Å²) in [5, 5.41) is 6.59. The third-order valence-electron chi connectivity index (χ3n) is 4.30. The van der Waals surface area contributed by atoms with Gasteiger partial charge in [0.2, 0.25) is 5.91 Å². The molecule has 1 heterocycles. The van der Waals surface area contributed by atoms with Crippen molar-refractivity contribution < 1.29 is 4.79 Å². The summed E-state index contributed by atoms with van der Waals surface area (Å²) in [6.45, 7) is 7.19. The Kier molecular flexibility index (Phi) is 5.18. The van der Waals surface area contributed by atoms with Crippen molar-refractivity contribution in [3.63, 3.8) is 0 Å². The average molecular weight is 274 g/mol. The average Bonchev–Trinajstić information content (AvgIpc) is 2.48. The van der Waals surface area contributed by atoms with Crippen molar-refractivity contribution in [2.24, 2.45) is 5.41 Å². The van der Waals surface area contributed by atoms with Crippen LogP contribution in [0.15, 0.2) is 30.3 Å². The molecule has 1 aromatic rings. The summed E-state index contributed by atoms with van der Waals surface area (Å²) in [5.74, 6) is 0.127. The highest BCUT2D eigenvalue weighted by Crippen LogP contribution is 2.25. The first-order valence-electron chi connectivity index (χ1n) is 7.68. The Morgan fingerprint density at radius 2 is 2.15 bits per heavy atom. The summed E-state index contributed by atoms with van der Waals surface area (Å²) in [4.78, 5) is 12.4. The number of hydrogen-bond donors (Lipinski definition) is 2. The number of rotatable bonds is 5. The van der Waals surface area contributed by atoms with Gasteiger partial charge in [-0.15, -0.1) is 0 Å². The van der Waals surface area contributed by atoms with Gasteiger partial charge in [-0.1, -0.05) is 44.2 Å². The van der Waals surface area contributed by atoms with Gasteiger partial charge in [0.05, 0.1) is 5.92 Å². The van der Waals surface area contributed by atoms with Gasteiger partial charge >= 0.3 is 0 Å². The molecule has 20 heavy (non-hydrogen) atoms. The molecule has 2 N–H and O–H groups in total. The van der Waals surface area contributed by atoms with Gasteiger partial charge in [-0.05, 0) is 36.8 Å². The number of piperidine rings is 1. The summed E-state index contributed by atoms with van der Waals surface area (Å²) in [7, 11) is 0. The van der Waals surface area contributed by atoms with Gasteiger partial charge < -0.3 is 10.6 Å². The van der Waals surface area contributed by atoms with Gasteiger partial charge in [0.15, 0.2) is 0 Å². The molecule has 2 unspecified atom stereocenters. The van der Waals surface area contributed by atoms with E-state index in [9.17, 15) is 4.79 Å². The molecule has 3 heteroatoms. The van der Waals surface area contributed by atoms with Crippen LogP contribution in [0.25, 0.3) is 0 Å². The molecule has 2 rings (SSSR count). The molecule has 1 aliphatic rings. The molecule has 0 aromatic heterocycles. The first kappa shape index (κ1) is 15.0. The largest absolute Gasteiger partial charge is 0.355 e. The Balaban J connectivity index is 1.93. The second kappa shape index (κ2) is 6.89. The SMILES string of the molecule is CCC(C(=O)NCC1(C)CCCNC1)c1ccccc1. The standard InChI is InChI=1S/C17H26N2O/c1-3-15(14-8-5-4-6-9-14)16(20)19-13-17(2)10-7-11-18-12-17/h4-6,8-9,15,18H,3,7,10-13H2,1-2H3,(H,19,20). The third kappa shape index (κ3) is 3.83. The Hall–Kier alpha value is -1.35. The van der Waals surface area contributed by atoms with Crippen LogP contribution in [0.5, 0.6) is 0 Å². The molecule has 0 spiro atoms. The molecule has 3 nitrogen and oxygen atoms in total. The van der Waals surface area contributed by atoms with Gasteiger partial charge in [0, 0.05) is 13.1 Å². The van der Waals surface area contributed by atoms with E-state index in [0.717, 1.165) is 31.6 Å². The van der Waals surface area contributed by atoms with E-state index >= 15 is 0 Å². The molecule has 1 aromatic carbocycles. The van der Waals surface area contributed by atoms with Crippen LogP contribution >= 0.6 is 0 Å². The van der Waals surface area contributed by atoms with E-state index in [-0.39, 0.29) is 17.2 Å². The summed E-state index contributed by atoms with van der Waals surface area (Å²) in [6, 6.07) is 10.1. The number of amides is 1. The van der Waals surface area contributed by atoms with Crippen LogP contribution in [0.2, 0.25) is 0 Å². The lowest BCUT2D eigenvalue weighted by atomic mass is 9.82. The van der Waals surface area contributed by atoms with Crippen molar-refractivity contribution in [1.82, 2.24) is 10.6 Å². The van der Waals surface area contributed by atoms with Crippen LogP contribution in [0.1, 0.15) is 44.6 Å². The predicted octanol–water partition coefficient (Wildman–Crippen LogP) is 2.69. The molecule has 1 aliphatic heterocycles.